The fourth-order valence-corrected chi connectivity index (χ4v) is 5.79. The average Bonchev–Trinajstić information content (AvgIpc) is 2.89. The van der Waals surface area contributed by atoms with Gasteiger partial charge in [0.15, 0.2) is 4.75 Å². The maximum Gasteiger partial charge on any atom is 0.410 e. The highest BCUT2D eigenvalue weighted by Crippen LogP contribution is 2.66. The number of halogens is 3. The molecule has 0 N–H and O–H groups in total. The number of hydrogen-bond donors (Lipinski definition) is 0. The summed E-state index contributed by atoms with van der Waals surface area (Å²) in [6.45, 7) is 4.79. The first-order chi connectivity index (χ1) is 9.51. The molecular formula is C12H13F3O5S. The van der Waals surface area contributed by atoms with E-state index in [2.05, 4.69) is 6.58 Å². The molecule has 21 heavy (non-hydrogen) atoms. The second-order valence-corrected chi connectivity index (χ2v) is 7.69. The lowest BCUT2D eigenvalue weighted by molar-refractivity contribution is -0.180. The second kappa shape index (κ2) is 4.01. The van der Waals surface area contributed by atoms with E-state index in [1.165, 1.54) is 6.92 Å². The molecule has 9 heteroatoms. The van der Waals surface area contributed by atoms with Crippen molar-refractivity contribution in [3.63, 3.8) is 0 Å². The van der Waals surface area contributed by atoms with Crippen molar-refractivity contribution < 1.29 is 35.3 Å². The zero-order valence-electron chi connectivity index (χ0n) is 11.0. The van der Waals surface area contributed by atoms with Gasteiger partial charge in [-0.15, -0.1) is 0 Å². The van der Waals surface area contributed by atoms with Crippen molar-refractivity contribution in [2.45, 2.75) is 42.9 Å². The molecule has 0 radical (unpaired) electrons. The van der Waals surface area contributed by atoms with Gasteiger partial charge >= 0.3 is 12.1 Å². The Morgan fingerprint density at radius 3 is 2.57 bits per heavy atom. The molecule has 3 rings (SSSR count). The van der Waals surface area contributed by atoms with E-state index in [0.717, 1.165) is 0 Å². The summed E-state index contributed by atoms with van der Waals surface area (Å²) >= 11 is 0. The topological polar surface area (TPSA) is 69.7 Å². The highest BCUT2D eigenvalue weighted by atomic mass is 32.2. The molecule has 0 amide bonds. The Morgan fingerprint density at radius 1 is 1.43 bits per heavy atom. The molecular weight excluding hydrogens is 313 g/mol. The van der Waals surface area contributed by atoms with Crippen molar-refractivity contribution in [2.75, 3.05) is 0 Å². The molecule has 2 bridgehead atoms. The van der Waals surface area contributed by atoms with Gasteiger partial charge < -0.3 is 4.74 Å². The van der Waals surface area contributed by atoms with Crippen molar-refractivity contribution in [2.24, 2.45) is 11.8 Å². The summed E-state index contributed by atoms with van der Waals surface area (Å²) in [5.41, 5.74) is 0.0979. The predicted molar refractivity (Wildman–Crippen MR) is 63.5 cm³/mol. The highest BCUT2D eigenvalue weighted by molar-refractivity contribution is 7.88. The molecule has 1 aliphatic heterocycles. The van der Waals surface area contributed by atoms with Crippen LogP contribution in [0, 0.1) is 11.8 Å². The minimum absolute atomic E-state index is 0.0253. The van der Waals surface area contributed by atoms with Gasteiger partial charge in [0.25, 0.3) is 10.1 Å². The van der Waals surface area contributed by atoms with Crippen LogP contribution in [0.5, 0.6) is 0 Å². The van der Waals surface area contributed by atoms with Crippen molar-refractivity contribution in [3.05, 3.63) is 12.2 Å². The molecule has 3 fully saturated rings. The van der Waals surface area contributed by atoms with E-state index in [1.54, 1.807) is 0 Å². The van der Waals surface area contributed by atoms with Gasteiger partial charge in [0.1, 0.15) is 12.2 Å². The van der Waals surface area contributed by atoms with E-state index in [1.807, 2.05) is 0 Å². The minimum Gasteiger partial charge on any atom is -0.456 e. The third-order valence-electron chi connectivity index (χ3n) is 4.66. The number of rotatable bonds is 2. The van der Waals surface area contributed by atoms with E-state index in [9.17, 15) is 26.4 Å². The lowest BCUT2D eigenvalue weighted by Crippen LogP contribution is -2.54. The molecule has 0 aromatic rings. The summed E-state index contributed by atoms with van der Waals surface area (Å²) < 4.78 is 70.8. The van der Waals surface area contributed by atoms with Gasteiger partial charge in [-0.3, -0.25) is 4.18 Å². The molecule has 0 aromatic carbocycles. The number of carbonyl (C=O) groups is 1. The van der Waals surface area contributed by atoms with Crippen LogP contribution in [-0.4, -0.2) is 37.5 Å². The molecule has 2 aliphatic carbocycles. The van der Waals surface area contributed by atoms with Crippen molar-refractivity contribution >= 4 is 16.1 Å². The predicted octanol–water partition coefficient (Wildman–Crippen LogP) is 1.54. The van der Waals surface area contributed by atoms with Crippen LogP contribution in [0.2, 0.25) is 0 Å². The first-order valence-electron chi connectivity index (χ1n) is 6.37. The number of esters is 1. The molecule has 0 spiro atoms. The summed E-state index contributed by atoms with van der Waals surface area (Å²) in [6.07, 6.45) is -7.71. The van der Waals surface area contributed by atoms with E-state index in [4.69, 9.17) is 8.92 Å². The summed E-state index contributed by atoms with van der Waals surface area (Å²) in [4.78, 5) is 11.5. The zero-order chi connectivity index (χ0) is 15.8. The summed E-state index contributed by atoms with van der Waals surface area (Å²) in [5, 5.41) is 0. The zero-order valence-corrected chi connectivity index (χ0v) is 11.8. The Bertz CT molecular complexity index is 625. The van der Waals surface area contributed by atoms with Crippen molar-refractivity contribution in [1.82, 2.24) is 0 Å². The van der Waals surface area contributed by atoms with Gasteiger partial charge in [0, 0.05) is 17.4 Å². The Hall–Kier alpha value is -1.09. The largest absolute Gasteiger partial charge is 0.456 e. The Labute approximate surface area is 119 Å². The standard InChI is InChI=1S/C12H13F3O5S/c1-5(2)10(16)19-8-6-3-7-9(8)20-21(17,18)11(7,4-6)12(13,14)15/h6-9H,1,3-4H2,2H3. The number of alkyl halides is 3. The van der Waals surface area contributed by atoms with Crippen LogP contribution in [0.4, 0.5) is 13.2 Å². The van der Waals surface area contributed by atoms with Crippen LogP contribution < -0.4 is 0 Å². The van der Waals surface area contributed by atoms with Crippen LogP contribution >= 0.6 is 0 Å². The summed E-state index contributed by atoms with van der Waals surface area (Å²) in [6, 6.07) is 0. The first-order valence-corrected chi connectivity index (χ1v) is 7.78. The SMILES string of the molecule is C=C(C)C(=O)OC1C2CC3C1OS(=O)(=O)C3(C(F)(F)F)C2. The van der Waals surface area contributed by atoms with Crippen LogP contribution in [0.1, 0.15) is 19.8 Å². The summed E-state index contributed by atoms with van der Waals surface area (Å²) in [7, 11) is -4.78. The molecule has 3 aliphatic rings. The maximum atomic E-state index is 13.3. The van der Waals surface area contributed by atoms with Gasteiger partial charge in [-0.2, -0.15) is 21.6 Å². The molecule has 5 nitrogen and oxygen atoms in total. The average molecular weight is 326 g/mol. The molecule has 118 valence electrons. The Kier molecular flexibility index (Phi) is 2.83. The third kappa shape index (κ3) is 1.67. The Balaban J connectivity index is 1.96. The van der Waals surface area contributed by atoms with E-state index in [0.29, 0.717) is 0 Å². The van der Waals surface area contributed by atoms with Gasteiger partial charge in [-0.1, -0.05) is 6.58 Å². The molecule has 2 saturated carbocycles. The van der Waals surface area contributed by atoms with Crippen LogP contribution in [0.15, 0.2) is 12.2 Å². The second-order valence-electron chi connectivity index (χ2n) is 5.86. The number of hydrogen-bond acceptors (Lipinski definition) is 5. The van der Waals surface area contributed by atoms with Crippen molar-refractivity contribution in [3.8, 4) is 0 Å². The smallest absolute Gasteiger partial charge is 0.410 e. The lowest BCUT2D eigenvalue weighted by Gasteiger charge is -2.33. The monoisotopic (exact) mass is 326 g/mol. The third-order valence-corrected chi connectivity index (χ3v) is 6.73. The normalized spacial score (nSPS) is 43.0. The van der Waals surface area contributed by atoms with E-state index in [-0.39, 0.29) is 12.0 Å². The molecule has 1 heterocycles. The van der Waals surface area contributed by atoms with Gasteiger partial charge in [-0.05, 0) is 19.8 Å². The lowest BCUT2D eigenvalue weighted by atomic mass is 9.83. The Morgan fingerprint density at radius 2 is 2.05 bits per heavy atom. The number of ether oxygens (including phenoxy) is 1. The fourth-order valence-electron chi connectivity index (χ4n) is 3.78. The van der Waals surface area contributed by atoms with E-state index < -0.39 is 57.5 Å². The van der Waals surface area contributed by atoms with Crippen LogP contribution in [-0.2, 0) is 23.8 Å². The molecule has 5 atom stereocenters. The van der Waals surface area contributed by atoms with Gasteiger partial charge in [-0.25, -0.2) is 4.79 Å². The van der Waals surface area contributed by atoms with E-state index >= 15 is 0 Å². The van der Waals surface area contributed by atoms with Crippen LogP contribution in [0.25, 0.3) is 0 Å². The summed E-state index contributed by atoms with van der Waals surface area (Å²) in [5.74, 6) is -2.63. The van der Waals surface area contributed by atoms with Crippen molar-refractivity contribution in [1.29, 1.82) is 0 Å². The quantitative estimate of drug-likeness (QED) is 0.437. The number of carbonyl (C=O) groups excluding carboxylic acids is 1. The highest BCUT2D eigenvalue weighted by Gasteiger charge is 2.82. The number of fused-ring (bicyclic) bond motifs is 1. The molecule has 0 aromatic heterocycles. The van der Waals surface area contributed by atoms with Crippen LogP contribution in [0.3, 0.4) is 0 Å². The molecule has 1 saturated heterocycles. The maximum absolute atomic E-state index is 13.3. The van der Waals surface area contributed by atoms with Gasteiger partial charge in [0.05, 0.1) is 0 Å². The van der Waals surface area contributed by atoms with Gasteiger partial charge in [0.2, 0.25) is 0 Å². The molecule has 5 unspecified atom stereocenters. The first kappa shape index (κ1) is 14.8. The minimum atomic E-state index is -4.90. The fraction of sp³-hybridized carbons (Fsp3) is 0.750.